The number of hydrogen-bond donors (Lipinski definition) is 0. The van der Waals surface area contributed by atoms with Crippen molar-refractivity contribution in [2.45, 2.75) is 44.6 Å². The highest BCUT2D eigenvalue weighted by Gasteiger charge is 2.32. The Bertz CT molecular complexity index is 1140. The van der Waals surface area contributed by atoms with Crippen molar-refractivity contribution in [3.63, 3.8) is 0 Å². The average Bonchev–Trinajstić information content (AvgIpc) is 3.54. The van der Waals surface area contributed by atoms with Gasteiger partial charge in [-0.15, -0.1) is 10.2 Å². The normalized spacial score (nSPS) is 20.1. The zero-order valence-electron chi connectivity index (χ0n) is 17.6. The number of hydrogen-bond acceptors (Lipinski definition) is 5. The van der Waals surface area contributed by atoms with Gasteiger partial charge >= 0.3 is 0 Å². The maximum Gasteiger partial charge on any atom is 0.262 e. The van der Waals surface area contributed by atoms with Gasteiger partial charge in [0.25, 0.3) is 5.91 Å². The number of nitrogens with zero attached hydrogens (tertiary/aromatic N) is 6. The molecule has 0 N–H and O–H groups in total. The van der Waals surface area contributed by atoms with Crippen LogP contribution < -0.4 is 9.80 Å². The molecule has 7 nitrogen and oxygen atoms in total. The van der Waals surface area contributed by atoms with Crippen LogP contribution in [0.2, 0.25) is 0 Å². The van der Waals surface area contributed by atoms with Gasteiger partial charge in [0.1, 0.15) is 17.5 Å². The minimum absolute atomic E-state index is 0.0403. The van der Waals surface area contributed by atoms with E-state index >= 15 is 0 Å². The largest absolute Gasteiger partial charge is 0.355 e. The summed E-state index contributed by atoms with van der Waals surface area (Å²) < 4.78 is 2.31. The third-order valence-electron chi connectivity index (χ3n) is 6.87. The Kier molecular flexibility index (Phi) is 4.47. The Hall–Kier alpha value is -3.22. The molecule has 1 atom stereocenters. The summed E-state index contributed by atoms with van der Waals surface area (Å²) in [7, 11) is 0. The number of para-hydroxylation sites is 1. The average molecular weight is 415 g/mol. The van der Waals surface area contributed by atoms with E-state index in [1.807, 2.05) is 35.2 Å². The minimum Gasteiger partial charge on any atom is -0.355 e. The van der Waals surface area contributed by atoms with Gasteiger partial charge in [0, 0.05) is 50.4 Å². The summed E-state index contributed by atoms with van der Waals surface area (Å²) in [6, 6.07) is 12.0. The minimum atomic E-state index is 0.0403. The predicted molar refractivity (Wildman–Crippen MR) is 119 cm³/mol. The molecule has 1 unspecified atom stereocenters. The molecule has 0 aliphatic carbocycles. The fourth-order valence-electron chi connectivity index (χ4n) is 5.37. The Morgan fingerprint density at radius 3 is 2.87 bits per heavy atom. The summed E-state index contributed by atoms with van der Waals surface area (Å²) in [6.45, 7) is 3.48. The molecule has 6 rings (SSSR count). The van der Waals surface area contributed by atoms with Crippen molar-refractivity contribution < 1.29 is 4.79 Å². The molecule has 5 heterocycles. The number of aromatic nitrogens is 4. The fraction of sp³-hybridized carbons (Fsp3) is 0.417. The van der Waals surface area contributed by atoms with Gasteiger partial charge in [-0.3, -0.25) is 4.79 Å². The number of anilines is 2. The van der Waals surface area contributed by atoms with Crippen molar-refractivity contribution in [2.75, 3.05) is 29.4 Å². The van der Waals surface area contributed by atoms with Crippen LogP contribution in [0.1, 0.15) is 52.8 Å². The van der Waals surface area contributed by atoms with E-state index in [9.17, 15) is 4.79 Å². The molecule has 158 valence electrons. The predicted octanol–water partition coefficient (Wildman–Crippen LogP) is 3.21. The highest BCUT2D eigenvalue weighted by atomic mass is 16.2. The van der Waals surface area contributed by atoms with Crippen molar-refractivity contribution in [3.8, 4) is 0 Å². The molecule has 0 spiro atoms. The van der Waals surface area contributed by atoms with E-state index in [0.29, 0.717) is 11.5 Å². The van der Waals surface area contributed by atoms with E-state index in [-0.39, 0.29) is 5.91 Å². The van der Waals surface area contributed by atoms with Gasteiger partial charge < -0.3 is 14.4 Å². The maximum absolute atomic E-state index is 13.6. The van der Waals surface area contributed by atoms with Crippen LogP contribution >= 0.6 is 0 Å². The lowest BCUT2D eigenvalue weighted by Crippen LogP contribution is -2.38. The molecule has 3 aromatic rings. The zero-order valence-corrected chi connectivity index (χ0v) is 17.6. The second-order valence-electron chi connectivity index (χ2n) is 8.72. The number of fused-ring (bicyclic) bond motifs is 2. The van der Waals surface area contributed by atoms with E-state index in [1.54, 1.807) is 6.20 Å². The van der Waals surface area contributed by atoms with Crippen LogP contribution in [0.5, 0.6) is 0 Å². The SMILES string of the molecule is O=C(c1cccnc1N1CCCC(c2nnc3n2CCC3)C1)N1CCc2ccccc21. The molecule has 2 aromatic heterocycles. The van der Waals surface area contributed by atoms with Crippen molar-refractivity contribution in [3.05, 3.63) is 65.4 Å². The lowest BCUT2D eigenvalue weighted by atomic mass is 9.96. The first-order valence-electron chi connectivity index (χ1n) is 11.3. The summed E-state index contributed by atoms with van der Waals surface area (Å²) in [6.07, 6.45) is 7.04. The number of amides is 1. The van der Waals surface area contributed by atoms with E-state index in [1.165, 1.54) is 5.56 Å². The van der Waals surface area contributed by atoms with Crippen LogP contribution in [-0.2, 0) is 19.4 Å². The van der Waals surface area contributed by atoms with Crippen molar-refractivity contribution in [2.24, 2.45) is 0 Å². The molecule has 1 saturated heterocycles. The number of aryl methyl sites for hydroxylation is 1. The standard InChI is InChI=1S/C24H26N6O/c31-24(29-15-11-17-6-1-2-9-20(17)29)19-8-3-12-25-23(19)28-13-4-7-18(16-28)22-27-26-21-10-5-14-30(21)22/h1-3,6,8-9,12,18H,4-5,7,10-11,13-16H2. The van der Waals surface area contributed by atoms with Gasteiger partial charge in [0.05, 0.1) is 5.56 Å². The molecule has 3 aliphatic heterocycles. The zero-order chi connectivity index (χ0) is 20.8. The Morgan fingerprint density at radius 1 is 0.968 bits per heavy atom. The molecule has 31 heavy (non-hydrogen) atoms. The molecule has 0 radical (unpaired) electrons. The smallest absolute Gasteiger partial charge is 0.262 e. The summed E-state index contributed by atoms with van der Waals surface area (Å²) in [4.78, 5) is 22.4. The lowest BCUT2D eigenvalue weighted by molar-refractivity contribution is 0.0989. The third-order valence-corrected chi connectivity index (χ3v) is 6.87. The molecule has 1 fully saturated rings. The third kappa shape index (κ3) is 3.10. The molecule has 0 saturated carbocycles. The van der Waals surface area contributed by atoms with Gasteiger partial charge in [-0.2, -0.15) is 0 Å². The molecular formula is C24H26N6O. The number of pyridine rings is 1. The topological polar surface area (TPSA) is 67.2 Å². The number of rotatable bonds is 3. The maximum atomic E-state index is 13.6. The molecule has 3 aliphatic rings. The second-order valence-corrected chi connectivity index (χ2v) is 8.72. The van der Waals surface area contributed by atoms with Crippen molar-refractivity contribution in [1.29, 1.82) is 0 Å². The van der Waals surface area contributed by atoms with Crippen LogP contribution in [0, 0.1) is 0 Å². The fourth-order valence-corrected chi connectivity index (χ4v) is 5.37. The van der Waals surface area contributed by atoms with Gasteiger partial charge in [0.2, 0.25) is 0 Å². The quantitative estimate of drug-likeness (QED) is 0.658. The summed E-state index contributed by atoms with van der Waals surface area (Å²) in [5.41, 5.74) is 2.95. The highest BCUT2D eigenvalue weighted by Crippen LogP contribution is 2.34. The number of carbonyl (C=O) groups is 1. The summed E-state index contributed by atoms with van der Waals surface area (Å²) in [5, 5.41) is 8.93. The molecule has 1 amide bonds. The number of carbonyl (C=O) groups excluding carboxylic acids is 1. The van der Waals surface area contributed by atoms with Crippen LogP contribution in [0.15, 0.2) is 42.6 Å². The monoisotopic (exact) mass is 414 g/mol. The Labute approximate surface area is 181 Å². The van der Waals surface area contributed by atoms with E-state index in [4.69, 9.17) is 0 Å². The second kappa shape index (κ2) is 7.48. The van der Waals surface area contributed by atoms with Gasteiger partial charge in [0.15, 0.2) is 0 Å². The summed E-state index contributed by atoms with van der Waals surface area (Å²) in [5.74, 6) is 3.38. The van der Waals surface area contributed by atoms with Gasteiger partial charge in [-0.25, -0.2) is 4.98 Å². The Morgan fingerprint density at radius 2 is 1.90 bits per heavy atom. The van der Waals surface area contributed by atoms with Crippen LogP contribution in [0.4, 0.5) is 11.5 Å². The first-order valence-corrected chi connectivity index (χ1v) is 11.3. The molecule has 0 bridgehead atoms. The van der Waals surface area contributed by atoms with Crippen molar-refractivity contribution >= 4 is 17.4 Å². The molecular weight excluding hydrogens is 388 g/mol. The number of benzene rings is 1. The Balaban J connectivity index is 1.29. The first-order chi connectivity index (χ1) is 15.3. The molecule has 7 heteroatoms. The number of piperidine rings is 1. The highest BCUT2D eigenvalue weighted by molar-refractivity contribution is 6.10. The molecule has 1 aromatic carbocycles. The van der Waals surface area contributed by atoms with E-state index in [2.05, 4.69) is 30.7 Å². The first kappa shape index (κ1) is 18.5. The van der Waals surface area contributed by atoms with E-state index in [0.717, 1.165) is 81.4 Å². The van der Waals surface area contributed by atoms with E-state index < -0.39 is 0 Å². The van der Waals surface area contributed by atoms with Crippen LogP contribution in [0.3, 0.4) is 0 Å². The van der Waals surface area contributed by atoms with Gasteiger partial charge in [-0.1, -0.05) is 18.2 Å². The van der Waals surface area contributed by atoms with Crippen molar-refractivity contribution in [1.82, 2.24) is 19.7 Å². The summed E-state index contributed by atoms with van der Waals surface area (Å²) >= 11 is 0. The van der Waals surface area contributed by atoms with Crippen LogP contribution in [-0.4, -0.2) is 45.3 Å². The van der Waals surface area contributed by atoms with Crippen LogP contribution in [0.25, 0.3) is 0 Å². The lowest BCUT2D eigenvalue weighted by Gasteiger charge is -2.34. The van der Waals surface area contributed by atoms with Gasteiger partial charge in [-0.05, 0) is 49.4 Å².